The van der Waals surface area contributed by atoms with Gasteiger partial charge in [-0.2, -0.15) is 0 Å². The van der Waals surface area contributed by atoms with Gasteiger partial charge in [-0.05, 0) is 37.3 Å². The number of rotatable bonds is 4. The van der Waals surface area contributed by atoms with Crippen molar-refractivity contribution in [3.63, 3.8) is 0 Å². The molecule has 16 heavy (non-hydrogen) atoms. The smallest absolute Gasteiger partial charge is 0.242 e. The Labute approximate surface area is 104 Å². The van der Waals surface area contributed by atoms with Gasteiger partial charge in [0.1, 0.15) is 5.75 Å². The summed E-state index contributed by atoms with van der Waals surface area (Å²) in [6.07, 6.45) is 0. The Morgan fingerprint density at radius 1 is 1.25 bits per heavy atom. The van der Waals surface area contributed by atoms with E-state index in [2.05, 4.69) is 19.6 Å². The fourth-order valence-corrected chi connectivity index (χ4v) is 2.09. The number of benzene rings is 1. The topological polar surface area (TPSA) is 55.5 Å². The minimum Gasteiger partial charge on any atom is -0.544 e. The van der Waals surface area contributed by atoms with Crippen LogP contribution in [0.15, 0.2) is 24.3 Å². The van der Waals surface area contributed by atoms with Crippen LogP contribution in [-0.4, -0.2) is 20.0 Å². The Hall–Kier alpha value is -0.553. The molecule has 0 spiro atoms. The second kappa shape index (κ2) is 6.25. The molecule has 3 N–H and O–H groups in total. The predicted molar refractivity (Wildman–Crippen MR) is 71.7 cm³/mol. The molecule has 0 saturated carbocycles. The second-order valence-corrected chi connectivity index (χ2v) is 9.00. The highest BCUT2D eigenvalue weighted by Gasteiger charge is 2.16. The minimum atomic E-state index is -1.53. The van der Waals surface area contributed by atoms with E-state index >= 15 is 0 Å². The van der Waals surface area contributed by atoms with Crippen LogP contribution in [0.3, 0.4) is 0 Å². The summed E-state index contributed by atoms with van der Waals surface area (Å²) in [7, 11) is -1.53. The van der Waals surface area contributed by atoms with Crippen LogP contribution in [0.2, 0.25) is 19.6 Å². The summed E-state index contributed by atoms with van der Waals surface area (Å²) < 4.78 is 5.81. The van der Waals surface area contributed by atoms with Gasteiger partial charge in [-0.3, -0.25) is 0 Å². The zero-order valence-corrected chi connectivity index (χ0v) is 11.8. The maximum absolute atomic E-state index is 8.89. The van der Waals surface area contributed by atoms with E-state index in [0.717, 1.165) is 11.3 Å². The van der Waals surface area contributed by atoms with Gasteiger partial charge in [-0.1, -0.05) is 12.1 Å². The monoisotopic (exact) mass is 261 g/mol. The number of aliphatic hydroxyl groups excluding tert-OH is 1. The summed E-state index contributed by atoms with van der Waals surface area (Å²) in [5, 5.41) is 8.89. The molecule has 0 bridgehead atoms. The molecule has 0 radical (unpaired) electrons. The summed E-state index contributed by atoms with van der Waals surface area (Å²) >= 11 is 0. The Kier molecular flexibility index (Phi) is 6.03. The number of hydrogen-bond acceptors (Lipinski definition) is 3. The summed E-state index contributed by atoms with van der Waals surface area (Å²) in [4.78, 5) is 0. The van der Waals surface area contributed by atoms with Crippen molar-refractivity contribution < 1.29 is 9.53 Å². The first-order chi connectivity index (χ1) is 6.92. The molecule has 5 heteroatoms. The fraction of sp³-hybridized carbons (Fsp3) is 0.455. The number of aliphatic hydroxyl groups is 1. The molecule has 0 aromatic heterocycles. The Balaban J connectivity index is 0.00000225. The van der Waals surface area contributed by atoms with E-state index < -0.39 is 8.32 Å². The standard InChI is InChI=1S/C11H19NO2Si.ClH/c1-15(2,3)14-10-6-4-9(5-7-10)11(12)8-13;/h4-7,11,13H,8,12H2,1-3H3;1H/t11-;/m0./s1. The van der Waals surface area contributed by atoms with Crippen LogP contribution in [0.1, 0.15) is 11.6 Å². The number of nitrogens with two attached hydrogens (primary N) is 1. The van der Waals surface area contributed by atoms with Crippen molar-refractivity contribution in [1.29, 1.82) is 0 Å². The predicted octanol–water partition coefficient (Wildman–Crippen LogP) is 2.31. The maximum Gasteiger partial charge on any atom is 0.242 e. The first-order valence-corrected chi connectivity index (χ1v) is 8.48. The largest absolute Gasteiger partial charge is 0.544 e. The minimum absolute atomic E-state index is 0. The summed E-state index contributed by atoms with van der Waals surface area (Å²) in [5.74, 6) is 0.878. The van der Waals surface area contributed by atoms with Crippen LogP contribution in [-0.2, 0) is 0 Å². The Bertz CT molecular complexity index is 311. The molecule has 0 fully saturated rings. The lowest BCUT2D eigenvalue weighted by Crippen LogP contribution is -2.29. The third kappa shape index (κ3) is 4.98. The van der Waals surface area contributed by atoms with Crippen LogP contribution < -0.4 is 10.2 Å². The lowest BCUT2D eigenvalue weighted by atomic mass is 10.1. The summed E-state index contributed by atoms with van der Waals surface area (Å²) in [5.41, 5.74) is 6.62. The fourth-order valence-electron chi connectivity index (χ4n) is 1.24. The highest BCUT2D eigenvalue weighted by Crippen LogP contribution is 2.19. The zero-order chi connectivity index (χ0) is 11.5. The molecule has 0 aliphatic rings. The third-order valence-corrected chi connectivity index (χ3v) is 2.78. The van der Waals surface area contributed by atoms with Crippen LogP contribution in [0.5, 0.6) is 5.75 Å². The van der Waals surface area contributed by atoms with Crippen LogP contribution in [0.4, 0.5) is 0 Å². The molecule has 92 valence electrons. The highest BCUT2D eigenvalue weighted by atomic mass is 35.5. The summed E-state index contributed by atoms with van der Waals surface area (Å²) in [6, 6.07) is 7.31. The molecule has 0 heterocycles. The second-order valence-electron chi connectivity index (χ2n) is 4.57. The van der Waals surface area contributed by atoms with E-state index in [0.29, 0.717) is 0 Å². The molecule has 0 saturated heterocycles. The molecule has 3 nitrogen and oxygen atoms in total. The molecule has 0 aliphatic heterocycles. The van der Waals surface area contributed by atoms with Gasteiger partial charge in [0.15, 0.2) is 0 Å². The molecular weight excluding hydrogens is 242 g/mol. The zero-order valence-electron chi connectivity index (χ0n) is 9.93. The van der Waals surface area contributed by atoms with E-state index in [4.69, 9.17) is 15.3 Å². The first kappa shape index (κ1) is 15.4. The number of halogens is 1. The van der Waals surface area contributed by atoms with Gasteiger partial charge in [-0.15, -0.1) is 12.4 Å². The van der Waals surface area contributed by atoms with Crippen molar-refractivity contribution in [3.05, 3.63) is 29.8 Å². The van der Waals surface area contributed by atoms with Gasteiger partial charge in [0.2, 0.25) is 8.32 Å². The maximum atomic E-state index is 8.89. The molecule has 1 aromatic rings. The molecule has 0 aliphatic carbocycles. The van der Waals surface area contributed by atoms with E-state index in [1.807, 2.05) is 24.3 Å². The molecule has 0 amide bonds. The first-order valence-electron chi connectivity index (χ1n) is 5.08. The van der Waals surface area contributed by atoms with Crippen LogP contribution in [0, 0.1) is 0 Å². The Morgan fingerprint density at radius 3 is 2.12 bits per heavy atom. The van der Waals surface area contributed by atoms with Crippen molar-refractivity contribution in [2.75, 3.05) is 6.61 Å². The lowest BCUT2D eigenvalue weighted by Gasteiger charge is -2.19. The normalized spacial score (nSPS) is 12.8. The molecule has 1 rings (SSSR count). The Morgan fingerprint density at radius 2 is 1.75 bits per heavy atom. The molecule has 0 unspecified atom stereocenters. The van der Waals surface area contributed by atoms with E-state index in [1.54, 1.807) is 0 Å². The molecular formula is C11H20ClNO2Si. The van der Waals surface area contributed by atoms with Crippen LogP contribution in [0.25, 0.3) is 0 Å². The molecule has 1 aromatic carbocycles. The van der Waals surface area contributed by atoms with Crippen molar-refractivity contribution >= 4 is 20.7 Å². The van der Waals surface area contributed by atoms with E-state index in [9.17, 15) is 0 Å². The third-order valence-electron chi connectivity index (χ3n) is 1.93. The average molecular weight is 262 g/mol. The molecule has 1 atom stereocenters. The quantitative estimate of drug-likeness (QED) is 0.818. The SMILES string of the molecule is C[Si](C)(C)Oc1ccc([C@@H](N)CO)cc1.Cl. The van der Waals surface area contributed by atoms with Gasteiger partial charge >= 0.3 is 0 Å². The van der Waals surface area contributed by atoms with Crippen molar-refractivity contribution in [3.8, 4) is 5.75 Å². The van der Waals surface area contributed by atoms with Gasteiger partial charge in [-0.25, -0.2) is 0 Å². The van der Waals surface area contributed by atoms with Gasteiger partial charge in [0.05, 0.1) is 12.6 Å². The van der Waals surface area contributed by atoms with E-state index in [1.165, 1.54) is 0 Å². The van der Waals surface area contributed by atoms with Gasteiger partial charge < -0.3 is 15.3 Å². The van der Waals surface area contributed by atoms with Crippen molar-refractivity contribution in [2.45, 2.75) is 25.7 Å². The number of hydrogen-bond donors (Lipinski definition) is 2. The van der Waals surface area contributed by atoms with Crippen LogP contribution >= 0.6 is 12.4 Å². The highest BCUT2D eigenvalue weighted by molar-refractivity contribution is 6.70. The van der Waals surface area contributed by atoms with Gasteiger partial charge in [0.25, 0.3) is 0 Å². The van der Waals surface area contributed by atoms with Gasteiger partial charge in [0, 0.05) is 0 Å². The van der Waals surface area contributed by atoms with E-state index in [-0.39, 0.29) is 25.1 Å². The van der Waals surface area contributed by atoms with Crippen molar-refractivity contribution in [2.24, 2.45) is 5.73 Å². The van der Waals surface area contributed by atoms with Crippen molar-refractivity contribution in [1.82, 2.24) is 0 Å². The average Bonchev–Trinajstić information content (AvgIpc) is 2.15. The lowest BCUT2D eigenvalue weighted by molar-refractivity contribution is 0.268. The summed E-state index contributed by atoms with van der Waals surface area (Å²) in [6.45, 7) is 6.38.